The van der Waals surface area contributed by atoms with Gasteiger partial charge in [0.1, 0.15) is 54.2 Å². The second kappa shape index (κ2) is 15.2. The standard InChI is InChI=1S/C42H68O16/c1-37(2)11-12-42(36(53)54)20(13-37)19-7-8-25-38(3)14-21(46)33(39(4,18-45)24(38)9-10-40(25,5)41(19,6)15-26(42)47)58-35-31(52)32(28(49)23(17-44)56-35)57-34-30(51)29(50)27(48)22(16-43)55-34/h7,20-35,43-52H,8-18H2,1-6H3,(H,53,54)/t20-,21-,22+,23+,24+,25+,26+,27+,28+,29-,30+,31+,32-,33-,34-,35-,38-,39-,40+,41+,42+/m0/s1. The molecule has 0 aromatic carbocycles. The fourth-order valence-electron chi connectivity index (χ4n) is 13.9. The molecule has 0 spiro atoms. The predicted molar refractivity (Wildman–Crippen MR) is 202 cm³/mol. The van der Waals surface area contributed by atoms with Crippen LogP contribution in [0.3, 0.4) is 0 Å². The topological polar surface area (TPSA) is 277 Å². The van der Waals surface area contributed by atoms with E-state index in [1.165, 1.54) is 0 Å². The largest absolute Gasteiger partial charge is 0.481 e. The third-order valence-corrected chi connectivity index (χ3v) is 17.4. The first-order chi connectivity index (χ1) is 27.0. The highest BCUT2D eigenvalue weighted by Gasteiger charge is 2.72. The van der Waals surface area contributed by atoms with Gasteiger partial charge < -0.3 is 75.1 Å². The fourth-order valence-corrected chi connectivity index (χ4v) is 13.9. The van der Waals surface area contributed by atoms with Crippen molar-refractivity contribution in [3.63, 3.8) is 0 Å². The lowest BCUT2D eigenvalue weighted by molar-refractivity contribution is -0.375. The van der Waals surface area contributed by atoms with Crippen molar-refractivity contribution in [1.82, 2.24) is 0 Å². The van der Waals surface area contributed by atoms with Crippen molar-refractivity contribution in [3.05, 3.63) is 11.6 Å². The Morgan fingerprint density at radius 2 is 1.36 bits per heavy atom. The molecule has 2 heterocycles. The Bertz CT molecular complexity index is 1570. The maximum absolute atomic E-state index is 13.1. The highest BCUT2D eigenvalue weighted by Crippen LogP contribution is 2.76. The van der Waals surface area contributed by atoms with Crippen LogP contribution >= 0.6 is 0 Å². The van der Waals surface area contributed by atoms with Crippen LogP contribution in [0.1, 0.15) is 92.9 Å². The molecule has 7 aliphatic rings. The zero-order chi connectivity index (χ0) is 42.7. The quantitative estimate of drug-likeness (QED) is 0.112. The van der Waals surface area contributed by atoms with Crippen LogP contribution in [0.4, 0.5) is 0 Å². The first-order valence-corrected chi connectivity index (χ1v) is 21.2. The van der Waals surface area contributed by atoms with Gasteiger partial charge in [-0.2, -0.15) is 0 Å². The number of rotatable bonds is 8. The zero-order valence-corrected chi connectivity index (χ0v) is 34.6. The number of ether oxygens (including phenoxy) is 4. The Morgan fingerprint density at radius 1 is 0.741 bits per heavy atom. The van der Waals surface area contributed by atoms with E-state index in [0.717, 1.165) is 5.57 Å². The summed E-state index contributed by atoms with van der Waals surface area (Å²) >= 11 is 0. The van der Waals surface area contributed by atoms with Crippen molar-refractivity contribution in [2.45, 2.75) is 173 Å². The Balaban J connectivity index is 1.17. The van der Waals surface area contributed by atoms with Gasteiger partial charge in [-0.25, -0.2) is 0 Å². The molecule has 21 atom stereocenters. The number of carboxylic acids is 1. The molecule has 7 rings (SSSR count). The molecule has 2 aliphatic heterocycles. The number of aliphatic carboxylic acids is 1. The van der Waals surface area contributed by atoms with Crippen molar-refractivity contribution in [3.8, 4) is 0 Å². The van der Waals surface area contributed by atoms with Crippen LogP contribution in [0.15, 0.2) is 11.6 Å². The van der Waals surface area contributed by atoms with E-state index in [1.807, 2.05) is 6.92 Å². The molecule has 332 valence electrons. The van der Waals surface area contributed by atoms with Crippen LogP contribution in [-0.2, 0) is 23.7 Å². The molecule has 11 N–H and O–H groups in total. The number of allylic oxidation sites excluding steroid dienone is 2. The van der Waals surface area contributed by atoms with Gasteiger partial charge >= 0.3 is 5.97 Å². The summed E-state index contributed by atoms with van der Waals surface area (Å²) in [5.41, 5.74) is -2.84. The average Bonchev–Trinajstić information content (AvgIpc) is 3.15. The summed E-state index contributed by atoms with van der Waals surface area (Å²) < 4.78 is 23.5. The van der Waals surface area contributed by atoms with Crippen molar-refractivity contribution in [1.29, 1.82) is 0 Å². The Labute approximate surface area is 339 Å². The minimum atomic E-state index is -1.85. The molecule has 5 aliphatic carbocycles. The first-order valence-electron chi connectivity index (χ1n) is 21.2. The normalized spacial score (nSPS) is 55.3. The monoisotopic (exact) mass is 828 g/mol. The van der Waals surface area contributed by atoms with E-state index in [0.29, 0.717) is 44.9 Å². The predicted octanol–water partition coefficient (Wildman–Crippen LogP) is -0.204. The van der Waals surface area contributed by atoms with E-state index in [1.54, 1.807) is 0 Å². The van der Waals surface area contributed by atoms with E-state index in [2.05, 4.69) is 40.7 Å². The van der Waals surface area contributed by atoms with Gasteiger partial charge in [0.2, 0.25) is 0 Å². The lowest BCUT2D eigenvalue weighted by atomic mass is 9.33. The summed E-state index contributed by atoms with van der Waals surface area (Å²) in [6, 6.07) is 0. The third kappa shape index (κ3) is 6.33. The van der Waals surface area contributed by atoms with Gasteiger partial charge in [0, 0.05) is 5.41 Å². The van der Waals surface area contributed by atoms with Gasteiger partial charge in [0.25, 0.3) is 0 Å². The Morgan fingerprint density at radius 3 is 1.97 bits per heavy atom. The van der Waals surface area contributed by atoms with E-state index in [9.17, 15) is 61.0 Å². The van der Waals surface area contributed by atoms with Crippen LogP contribution in [0.2, 0.25) is 0 Å². The number of carboxylic acid groups (broad SMARTS) is 1. The van der Waals surface area contributed by atoms with Crippen LogP contribution < -0.4 is 0 Å². The second-order valence-electron chi connectivity index (χ2n) is 20.8. The van der Waals surface area contributed by atoms with Gasteiger partial charge in [-0.05, 0) is 90.8 Å². The Hall–Kier alpha value is -1.35. The van der Waals surface area contributed by atoms with Crippen molar-refractivity contribution in [2.75, 3.05) is 19.8 Å². The SMILES string of the molecule is CC1(C)CC[C@]2(C(=O)O)[C@H](O)C[C@]3(C)C(=CC[C@@H]4[C@@]5(C)C[C@H](O)[C@H](O[C@@H]6O[C@H](CO)[C@@H](O)[C@H](O[C@@H]7O[C@H](CO)[C@@H](O)[C@H](O)[C@H]7O)[C@H]6O)[C@@](C)(CO)[C@@H]5CC[C@]43C)[C@@H]2C1. The van der Waals surface area contributed by atoms with Gasteiger partial charge in [0.15, 0.2) is 12.6 Å². The minimum absolute atomic E-state index is 0.0307. The van der Waals surface area contributed by atoms with E-state index in [-0.39, 0.29) is 29.6 Å². The van der Waals surface area contributed by atoms with Gasteiger partial charge in [-0.1, -0.05) is 53.2 Å². The van der Waals surface area contributed by atoms with E-state index in [4.69, 9.17) is 18.9 Å². The lowest BCUT2D eigenvalue weighted by Crippen LogP contribution is -2.70. The summed E-state index contributed by atoms with van der Waals surface area (Å²) in [5, 5.41) is 120. The molecule has 6 fully saturated rings. The van der Waals surface area contributed by atoms with Crippen LogP contribution in [-0.4, -0.2) is 162 Å². The summed E-state index contributed by atoms with van der Waals surface area (Å²) in [4.78, 5) is 13.1. The van der Waals surface area contributed by atoms with E-state index >= 15 is 0 Å². The molecule has 16 nitrogen and oxygen atoms in total. The number of aliphatic hydroxyl groups is 10. The second-order valence-corrected chi connectivity index (χ2v) is 20.8. The first kappa shape index (κ1) is 44.7. The molecule has 0 aromatic heterocycles. The van der Waals surface area contributed by atoms with E-state index < -0.39 is 133 Å². The smallest absolute Gasteiger partial charge is 0.312 e. The number of carbonyl (C=O) groups is 1. The summed E-state index contributed by atoms with van der Waals surface area (Å²) in [5.74, 6) is -1.52. The van der Waals surface area contributed by atoms with Gasteiger partial charge in [-0.3, -0.25) is 4.79 Å². The third-order valence-electron chi connectivity index (χ3n) is 17.4. The van der Waals surface area contributed by atoms with Crippen molar-refractivity contribution in [2.24, 2.45) is 50.2 Å². The number of fused-ring (bicyclic) bond motifs is 7. The molecule has 0 amide bonds. The van der Waals surface area contributed by atoms with Crippen LogP contribution in [0.25, 0.3) is 0 Å². The molecular weight excluding hydrogens is 760 g/mol. The molecule has 16 heteroatoms. The molecule has 58 heavy (non-hydrogen) atoms. The molecule has 0 unspecified atom stereocenters. The summed E-state index contributed by atoms with van der Waals surface area (Å²) in [7, 11) is 0. The van der Waals surface area contributed by atoms with Gasteiger partial charge in [-0.15, -0.1) is 0 Å². The number of hydrogen-bond donors (Lipinski definition) is 11. The van der Waals surface area contributed by atoms with Crippen molar-refractivity contribution < 1.29 is 79.9 Å². The molecule has 0 aromatic rings. The summed E-state index contributed by atoms with van der Waals surface area (Å²) in [6.07, 6.45) is -13.4. The highest BCUT2D eigenvalue weighted by atomic mass is 16.7. The zero-order valence-electron chi connectivity index (χ0n) is 34.6. The van der Waals surface area contributed by atoms with Crippen LogP contribution in [0, 0.1) is 50.2 Å². The molecule has 4 saturated carbocycles. The number of aliphatic hydroxyl groups excluding tert-OH is 10. The van der Waals surface area contributed by atoms with Crippen molar-refractivity contribution >= 4 is 5.97 Å². The fraction of sp³-hybridized carbons (Fsp3) is 0.929. The molecular formula is C42H68O16. The maximum Gasteiger partial charge on any atom is 0.312 e. The van der Waals surface area contributed by atoms with Crippen LogP contribution in [0.5, 0.6) is 0 Å². The summed E-state index contributed by atoms with van der Waals surface area (Å²) in [6.45, 7) is 10.9. The maximum atomic E-state index is 13.1. The molecule has 0 bridgehead atoms. The average molecular weight is 829 g/mol. The van der Waals surface area contributed by atoms with Gasteiger partial charge in [0.05, 0.1) is 38.1 Å². The molecule has 2 saturated heterocycles. The number of hydrogen-bond acceptors (Lipinski definition) is 15. The lowest BCUT2D eigenvalue weighted by Gasteiger charge is -2.72. The minimum Gasteiger partial charge on any atom is -0.481 e. The molecule has 0 radical (unpaired) electrons. The Kier molecular flexibility index (Phi) is 11.7. The highest BCUT2D eigenvalue weighted by molar-refractivity contribution is 5.77.